The van der Waals surface area contributed by atoms with Crippen molar-refractivity contribution in [3.8, 4) is 0 Å². The molecule has 0 saturated heterocycles. The summed E-state index contributed by atoms with van der Waals surface area (Å²) in [7, 11) is 0. The van der Waals surface area contributed by atoms with Crippen LogP contribution >= 0.6 is 11.3 Å². The Balaban J connectivity index is 1.77. The molecular formula is C21H24N2OS. The van der Waals surface area contributed by atoms with Crippen LogP contribution in [-0.2, 0) is 17.6 Å². The predicted molar refractivity (Wildman–Crippen MR) is 105 cm³/mol. The Labute approximate surface area is 153 Å². The average molecular weight is 353 g/mol. The third-order valence-electron chi connectivity index (χ3n) is 4.50. The van der Waals surface area contributed by atoms with Gasteiger partial charge in [0.1, 0.15) is 0 Å². The number of nitrogens with zero attached hydrogens (tertiary/aromatic N) is 1. The number of aromatic nitrogens is 1. The van der Waals surface area contributed by atoms with Crippen LogP contribution in [0, 0.1) is 6.92 Å². The number of hydrogen-bond acceptors (Lipinski definition) is 3. The Morgan fingerprint density at radius 1 is 1.20 bits per heavy atom. The van der Waals surface area contributed by atoms with Crippen LogP contribution in [0.2, 0.25) is 0 Å². The molecule has 1 amide bonds. The van der Waals surface area contributed by atoms with Gasteiger partial charge in [-0.15, -0.1) is 11.3 Å². The van der Waals surface area contributed by atoms with Crippen LogP contribution in [-0.4, -0.2) is 16.9 Å². The second-order valence-corrected chi connectivity index (χ2v) is 7.65. The number of rotatable bonds is 6. The lowest BCUT2D eigenvalue weighted by Crippen LogP contribution is -2.33. The molecule has 1 N–H and O–H groups in total. The molecule has 1 unspecified atom stereocenters. The van der Waals surface area contributed by atoms with Crippen molar-refractivity contribution in [2.24, 2.45) is 0 Å². The highest BCUT2D eigenvalue weighted by Crippen LogP contribution is 2.25. The quantitative estimate of drug-likeness (QED) is 0.701. The van der Waals surface area contributed by atoms with Gasteiger partial charge in [0.15, 0.2) is 0 Å². The summed E-state index contributed by atoms with van der Waals surface area (Å²) in [6.07, 6.45) is 2.17. The lowest BCUT2D eigenvalue weighted by atomic mass is 10.0. The molecule has 3 aromatic rings. The number of hydrogen-bond donors (Lipinski definition) is 1. The van der Waals surface area contributed by atoms with Gasteiger partial charge in [0.05, 0.1) is 17.1 Å². The summed E-state index contributed by atoms with van der Waals surface area (Å²) in [4.78, 5) is 17.9. The zero-order valence-corrected chi connectivity index (χ0v) is 15.8. The van der Waals surface area contributed by atoms with Gasteiger partial charge in [0.25, 0.3) is 0 Å². The van der Waals surface area contributed by atoms with Crippen molar-refractivity contribution in [2.45, 2.75) is 46.1 Å². The third kappa shape index (κ3) is 4.26. The fourth-order valence-corrected chi connectivity index (χ4v) is 4.00. The van der Waals surface area contributed by atoms with Gasteiger partial charge in [-0.25, -0.2) is 4.98 Å². The van der Waals surface area contributed by atoms with Gasteiger partial charge < -0.3 is 5.32 Å². The summed E-state index contributed by atoms with van der Waals surface area (Å²) in [5.74, 6) is 0.0813. The number of carbonyl (C=O) groups excluding carboxylic acids is 1. The summed E-state index contributed by atoms with van der Waals surface area (Å²) in [6, 6.07) is 15.0. The highest BCUT2D eigenvalue weighted by Gasteiger charge is 2.14. The van der Waals surface area contributed by atoms with Crippen molar-refractivity contribution in [3.05, 3.63) is 63.6 Å². The Kier molecular flexibility index (Phi) is 5.49. The maximum atomic E-state index is 12.1. The Morgan fingerprint density at radius 2 is 1.96 bits per heavy atom. The number of carbonyl (C=O) groups is 1. The van der Waals surface area contributed by atoms with Crippen LogP contribution in [0.5, 0.6) is 0 Å². The summed E-state index contributed by atoms with van der Waals surface area (Å²) in [5.41, 5.74) is 2.25. The van der Waals surface area contributed by atoms with Crippen LogP contribution in [0.3, 0.4) is 0 Å². The molecule has 3 nitrogen and oxygen atoms in total. The molecule has 1 atom stereocenters. The average Bonchev–Trinajstić information content (AvgIpc) is 2.94. The Bertz CT molecular complexity index is 879. The first kappa shape index (κ1) is 17.6. The second-order valence-electron chi connectivity index (χ2n) is 6.48. The van der Waals surface area contributed by atoms with Crippen LogP contribution in [0.4, 0.5) is 0 Å². The summed E-state index contributed by atoms with van der Waals surface area (Å²) in [5, 5.41) is 6.62. The fourth-order valence-electron chi connectivity index (χ4n) is 2.91. The molecule has 4 heteroatoms. The van der Waals surface area contributed by atoms with Crippen LogP contribution in [0.25, 0.3) is 10.8 Å². The molecule has 0 bridgehead atoms. The van der Waals surface area contributed by atoms with Gasteiger partial charge in [-0.3, -0.25) is 4.79 Å². The van der Waals surface area contributed by atoms with Crippen molar-refractivity contribution in [2.75, 3.05) is 0 Å². The fraction of sp³-hybridized carbons (Fsp3) is 0.333. The lowest BCUT2D eigenvalue weighted by Gasteiger charge is -2.10. The SMILES string of the molecule is CCC(C)NC(=O)Cc1sc(Cc2cccc3ccccc23)nc1C. The largest absolute Gasteiger partial charge is 0.353 e. The monoisotopic (exact) mass is 352 g/mol. The molecule has 0 fully saturated rings. The molecule has 0 radical (unpaired) electrons. The molecule has 25 heavy (non-hydrogen) atoms. The van der Waals surface area contributed by atoms with E-state index in [2.05, 4.69) is 54.7 Å². The van der Waals surface area contributed by atoms with E-state index in [4.69, 9.17) is 4.98 Å². The zero-order valence-electron chi connectivity index (χ0n) is 15.0. The minimum Gasteiger partial charge on any atom is -0.353 e. The molecule has 1 aromatic heterocycles. The highest BCUT2D eigenvalue weighted by atomic mass is 32.1. The van der Waals surface area contributed by atoms with E-state index >= 15 is 0 Å². The maximum Gasteiger partial charge on any atom is 0.225 e. The molecule has 0 aliphatic heterocycles. The van der Waals surface area contributed by atoms with Gasteiger partial charge in [-0.05, 0) is 36.6 Å². The molecule has 3 rings (SSSR count). The molecule has 1 heterocycles. The molecule has 2 aromatic carbocycles. The predicted octanol–water partition coefficient (Wildman–Crippen LogP) is 4.65. The molecule has 0 aliphatic carbocycles. The smallest absolute Gasteiger partial charge is 0.225 e. The lowest BCUT2D eigenvalue weighted by molar-refractivity contribution is -0.121. The summed E-state index contributed by atoms with van der Waals surface area (Å²) >= 11 is 1.65. The summed E-state index contributed by atoms with van der Waals surface area (Å²) in [6.45, 7) is 6.10. The molecule has 0 saturated carbocycles. The first-order valence-electron chi connectivity index (χ1n) is 8.78. The molecular weight excluding hydrogens is 328 g/mol. The normalized spacial score (nSPS) is 12.3. The topological polar surface area (TPSA) is 42.0 Å². The highest BCUT2D eigenvalue weighted by molar-refractivity contribution is 7.11. The van der Waals surface area contributed by atoms with Crippen LogP contribution in [0.15, 0.2) is 42.5 Å². The van der Waals surface area contributed by atoms with Gasteiger partial charge in [-0.1, -0.05) is 49.4 Å². The molecule has 130 valence electrons. The third-order valence-corrected chi connectivity index (χ3v) is 5.66. The minimum absolute atomic E-state index is 0.0813. The number of fused-ring (bicyclic) bond motifs is 1. The van der Waals surface area contributed by atoms with E-state index in [1.54, 1.807) is 11.3 Å². The van der Waals surface area contributed by atoms with Gasteiger partial charge in [0, 0.05) is 17.3 Å². The minimum atomic E-state index is 0.0813. The molecule has 0 spiro atoms. The Morgan fingerprint density at radius 3 is 2.76 bits per heavy atom. The van der Waals surface area contributed by atoms with Crippen molar-refractivity contribution in [1.82, 2.24) is 10.3 Å². The number of aryl methyl sites for hydroxylation is 1. The van der Waals surface area contributed by atoms with E-state index in [0.29, 0.717) is 6.42 Å². The number of benzene rings is 2. The Hall–Kier alpha value is -2.20. The van der Waals surface area contributed by atoms with Crippen LogP contribution in [0.1, 0.15) is 41.4 Å². The van der Waals surface area contributed by atoms with Crippen molar-refractivity contribution < 1.29 is 4.79 Å². The first-order chi connectivity index (χ1) is 12.1. The van der Waals surface area contributed by atoms with E-state index in [9.17, 15) is 4.79 Å². The van der Waals surface area contributed by atoms with Gasteiger partial charge >= 0.3 is 0 Å². The van der Waals surface area contributed by atoms with E-state index in [0.717, 1.165) is 28.4 Å². The first-order valence-corrected chi connectivity index (χ1v) is 9.59. The van der Waals surface area contributed by atoms with Crippen LogP contribution < -0.4 is 5.32 Å². The van der Waals surface area contributed by atoms with Gasteiger partial charge in [-0.2, -0.15) is 0 Å². The van der Waals surface area contributed by atoms with E-state index in [1.165, 1.54) is 16.3 Å². The summed E-state index contributed by atoms with van der Waals surface area (Å²) < 4.78 is 0. The van der Waals surface area contributed by atoms with E-state index in [1.807, 2.05) is 13.8 Å². The number of thiazole rings is 1. The van der Waals surface area contributed by atoms with Crippen molar-refractivity contribution >= 4 is 28.0 Å². The zero-order chi connectivity index (χ0) is 17.8. The number of amides is 1. The van der Waals surface area contributed by atoms with E-state index in [-0.39, 0.29) is 11.9 Å². The molecule has 0 aliphatic rings. The van der Waals surface area contributed by atoms with Crippen molar-refractivity contribution in [1.29, 1.82) is 0 Å². The second kappa shape index (κ2) is 7.79. The van der Waals surface area contributed by atoms with Crippen molar-refractivity contribution in [3.63, 3.8) is 0 Å². The van der Waals surface area contributed by atoms with E-state index < -0.39 is 0 Å². The van der Waals surface area contributed by atoms with Gasteiger partial charge in [0.2, 0.25) is 5.91 Å². The maximum absolute atomic E-state index is 12.1. The standard InChI is InChI=1S/C21H24N2OS/c1-4-14(2)22-20(24)13-19-15(3)23-21(25-19)12-17-10-7-9-16-8-5-6-11-18(16)17/h5-11,14H,4,12-13H2,1-3H3,(H,22,24). The number of nitrogens with one attached hydrogen (secondary N) is 1.